The van der Waals surface area contributed by atoms with Gasteiger partial charge in [0, 0.05) is 59.3 Å². The second-order valence-corrected chi connectivity index (χ2v) is 15.2. The number of nitrogens with zero attached hydrogens (tertiary/aromatic N) is 3. The molecule has 262 valence electrons. The zero-order valence-corrected chi connectivity index (χ0v) is 31.1. The zero-order valence-electron chi connectivity index (χ0n) is 30.3. The molecule has 0 saturated carbocycles. The van der Waals surface area contributed by atoms with E-state index < -0.39 is 0 Å². The Balaban J connectivity index is 1.18. The third-order valence-corrected chi connectivity index (χ3v) is 12.1. The lowest BCUT2D eigenvalue weighted by Gasteiger charge is -2.15. The molecule has 56 heavy (non-hydrogen) atoms. The third-order valence-electron chi connectivity index (χ3n) is 10.8. The first-order valence-corrected chi connectivity index (χ1v) is 19.7. The number of fused-ring (bicyclic) bond motifs is 6. The van der Waals surface area contributed by atoms with E-state index in [4.69, 9.17) is 9.97 Å². The van der Waals surface area contributed by atoms with Gasteiger partial charge in [-0.1, -0.05) is 176 Å². The van der Waals surface area contributed by atoms with Crippen LogP contribution in [0.15, 0.2) is 200 Å². The Morgan fingerprint density at radius 2 is 0.946 bits per heavy atom. The summed E-state index contributed by atoms with van der Waals surface area (Å²) >= 11 is 1.86. The lowest BCUT2D eigenvalue weighted by Crippen LogP contribution is -2.03. The first kappa shape index (κ1) is 32.3. The third kappa shape index (κ3) is 5.42. The van der Waals surface area contributed by atoms with Crippen LogP contribution in [0, 0.1) is 0 Å². The van der Waals surface area contributed by atoms with Gasteiger partial charge in [-0.15, -0.1) is 11.3 Å². The van der Waals surface area contributed by atoms with Crippen LogP contribution in [0.1, 0.15) is 0 Å². The van der Waals surface area contributed by atoms with Gasteiger partial charge in [-0.25, -0.2) is 9.97 Å². The number of hydrogen-bond acceptors (Lipinski definition) is 3. The highest BCUT2D eigenvalue weighted by Gasteiger charge is 2.21. The largest absolute Gasteiger partial charge is 0.293 e. The maximum atomic E-state index is 5.46. The summed E-state index contributed by atoms with van der Waals surface area (Å²) in [6.45, 7) is 0. The fraction of sp³-hybridized carbons (Fsp3) is 0. The van der Waals surface area contributed by atoms with E-state index in [1.54, 1.807) is 0 Å². The van der Waals surface area contributed by atoms with Gasteiger partial charge in [0.25, 0.3) is 0 Å². The van der Waals surface area contributed by atoms with Gasteiger partial charge in [0.2, 0.25) is 0 Å². The predicted molar refractivity (Wildman–Crippen MR) is 236 cm³/mol. The maximum Gasteiger partial charge on any atom is 0.162 e. The van der Waals surface area contributed by atoms with E-state index in [1.165, 1.54) is 53.2 Å². The number of hydrogen-bond donors (Lipinski definition) is 0. The first-order chi connectivity index (χ1) is 27.8. The minimum atomic E-state index is 0.678. The average Bonchev–Trinajstić information content (AvgIpc) is 3.83. The first-order valence-electron chi connectivity index (χ1n) is 18.9. The van der Waals surface area contributed by atoms with Crippen LogP contribution in [0.25, 0.3) is 104 Å². The molecule has 0 bridgehead atoms. The number of rotatable bonds is 6. The average molecular weight is 732 g/mol. The Morgan fingerprint density at radius 3 is 1.75 bits per heavy atom. The highest BCUT2D eigenvalue weighted by molar-refractivity contribution is 7.26. The molecular formula is C52H33N3S. The molecule has 0 fully saturated rings. The Hall–Kier alpha value is -7.14. The molecule has 0 unspecified atom stereocenters. The molecule has 0 radical (unpaired) electrons. The van der Waals surface area contributed by atoms with Gasteiger partial charge >= 0.3 is 0 Å². The van der Waals surface area contributed by atoms with E-state index in [2.05, 4.69) is 205 Å². The van der Waals surface area contributed by atoms with Crippen molar-refractivity contribution in [2.75, 3.05) is 0 Å². The van der Waals surface area contributed by atoms with Crippen LogP contribution >= 0.6 is 11.3 Å². The van der Waals surface area contributed by atoms with Crippen LogP contribution in [-0.4, -0.2) is 14.5 Å². The summed E-state index contributed by atoms with van der Waals surface area (Å²) in [6, 6.07) is 71.3. The summed E-state index contributed by atoms with van der Waals surface area (Å²) in [5.74, 6) is 1.50. The van der Waals surface area contributed by atoms with Gasteiger partial charge in [0.1, 0.15) is 5.82 Å². The Bertz CT molecular complexity index is 3230. The maximum absolute atomic E-state index is 5.46. The standard InChI is InChI=1S/C52H33N3S/c1-3-14-34(15-4-1)36-28-30-37(31-29-36)46-33-49(54-52(53-46)39-19-11-18-38(32-39)35-16-5-2-6-17-35)55-47-26-9-7-20-40(47)42-22-12-23-43(50(42)55)45-25-13-24-44-41-21-8-10-27-48(41)56-51(44)45/h1-33H. The molecule has 0 aliphatic rings. The van der Waals surface area contributed by atoms with Gasteiger partial charge in [-0.2, -0.15) is 0 Å². The molecule has 3 aromatic heterocycles. The quantitative estimate of drug-likeness (QED) is 0.170. The molecule has 4 heteroatoms. The second-order valence-electron chi connectivity index (χ2n) is 14.2. The van der Waals surface area contributed by atoms with Gasteiger partial charge in [-0.3, -0.25) is 4.57 Å². The summed E-state index contributed by atoms with van der Waals surface area (Å²) in [6.07, 6.45) is 0. The van der Waals surface area contributed by atoms with Crippen LogP contribution in [0.4, 0.5) is 0 Å². The summed E-state index contributed by atoms with van der Waals surface area (Å²) in [5.41, 5.74) is 12.1. The molecule has 0 N–H and O–H groups in total. The number of para-hydroxylation sites is 2. The monoisotopic (exact) mass is 731 g/mol. The summed E-state index contributed by atoms with van der Waals surface area (Å²) in [5, 5.41) is 4.96. The van der Waals surface area contributed by atoms with Crippen LogP contribution < -0.4 is 0 Å². The molecule has 0 aliphatic carbocycles. The number of benzene rings is 8. The molecule has 11 rings (SSSR count). The molecule has 0 amide bonds. The van der Waals surface area contributed by atoms with Crippen LogP contribution in [-0.2, 0) is 0 Å². The van der Waals surface area contributed by atoms with E-state index in [0.717, 1.165) is 44.8 Å². The molecule has 0 spiro atoms. The van der Waals surface area contributed by atoms with Crippen molar-refractivity contribution in [3.8, 4) is 61.8 Å². The SMILES string of the molecule is c1ccc(-c2ccc(-c3cc(-n4c5ccccc5c5cccc(-c6cccc7c6sc6ccccc67)c54)nc(-c4cccc(-c5ccccc5)c4)n3)cc2)cc1. The smallest absolute Gasteiger partial charge is 0.162 e. The van der Waals surface area contributed by atoms with Crippen molar-refractivity contribution in [1.82, 2.24) is 14.5 Å². The molecular weight excluding hydrogens is 699 g/mol. The molecule has 3 heterocycles. The highest BCUT2D eigenvalue weighted by Crippen LogP contribution is 2.44. The van der Waals surface area contributed by atoms with E-state index in [1.807, 2.05) is 11.3 Å². The molecule has 0 aliphatic heterocycles. The molecule has 0 atom stereocenters. The lowest BCUT2D eigenvalue weighted by molar-refractivity contribution is 1.05. The summed E-state index contributed by atoms with van der Waals surface area (Å²) < 4.78 is 4.95. The van der Waals surface area contributed by atoms with Gasteiger partial charge in [-0.05, 0) is 40.5 Å². The minimum Gasteiger partial charge on any atom is -0.293 e. The van der Waals surface area contributed by atoms with Gasteiger partial charge in [0.05, 0.1) is 16.7 Å². The normalized spacial score (nSPS) is 11.6. The minimum absolute atomic E-state index is 0.678. The Kier molecular flexibility index (Phi) is 7.68. The highest BCUT2D eigenvalue weighted by atomic mass is 32.1. The Labute approximate surface area is 328 Å². The molecule has 3 nitrogen and oxygen atoms in total. The fourth-order valence-electron chi connectivity index (χ4n) is 8.19. The van der Waals surface area contributed by atoms with Crippen molar-refractivity contribution in [3.63, 3.8) is 0 Å². The summed E-state index contributed by atoms with van der Waals surface area (Å²) in [7, 11) is 0. The topological polar surface area (TPSA) is 30.7 Å². The van der Waals surface area contributed by atoms with E-state index in [0.29, 0.717) is 5.82 Å². The van der Waals surface area contributed by atoms with E-state index in [-0.39, 0.29) is 0 Å². The second kappa shape index (κ2) is 13.3. The van der Waals surface area contributed by atoms with Crippen molar-refractivity contribution in [3.05, 3.63) is 200 Å². The van der Waals surface area contributed by atoms with Crippen molar-refractivity contribution < 1.29 is 0 Å². The van der Waals surface area contributed by atoms with Crippen molar-refractivity contribution in [2.45, 2.75) is 0 Å². The molecule has 0 saturated heterocycles. The molecule has 8 aromatic carbocycles. The Morgan fingerprint density at radius 1 is 0.375 bits per heavy atom. The predicted octanol–water partition coefficient (Wildman–Crippen LogP) is 14.3. The number of thiophene rings is 1. The van der Waals surface area contributed by atoms with Gasteiger partial charge in [0.15, 0.2) is 5.82 Å². The van der Waals surface area contributed by atoms with Crippen molar-refractivity contribution >= 4 is 53.3 Å². The van der Waals surface area contributed by atoms with Crippen LogP contribution in [0.3, 0.4) is 0 Å². The summed E-state index contributed by atoms with van der Waals surface area (Å²) in [4.78, 5) is 10.8. The van der Waals surface area contributed by atoms with E-state index in [9.17, 15) is 0 Å². The van der Waals surface area contributed by atoms with Crippen molar-refractivity contribution in [1.29, 1.82) is 0 Å². The van der Waals surface area contributed by atoms with Crippen molar-refractivity contribution in [2.24, 2.45) is 0 Å². The number of aromatic nitrogens is 3. The fourth-order valence-corrected chi connectivity index (χ4v) is 9.42. The lowest BCUT2D eigenvalue weighted by atomic mass is 10.00. The van der Waals surface area contributed by atoms with Crippen LogP contribution in [0.2, 0.25) is 0 Å². The van der Waals surface area contributed by atoms with Gasteiger partial charge < -0.3 is 0 Å². The van der Waals surface area contributed by atoms with Crippen LogP contribution in [0.5, 0.6) is 0 Å². The van der Waals surface area contributed by atoms with E-state index >= 15 is 0 Å². The zero-order chi connectivity index (χ0) is 37.0. The molecule has 11 aromatic rings.